The Morgan fingerprint density at radius 3 is 1.88 bits per heavy atom. The number of rotatable bonds is 13. The fourth-order valence-electron chi connectivity index (χ4n) is 3.80. The topological polar surface area (TPSA) is 15.8 Å². The average Bonchev–Trinajstić information content (AvgIpc) is 2.91. The zero-order valence-corrected chi connectivity index (χ0v) is 16.0. The van der Waals surface area contributed by atoms with Gasteiger partial charge >= 0.3 is 0 Å². The molecule has 2 aromatic rings. The van der Waals surface area contributed by atoms with Crippen LogP contribution in [0.25, 0.3) is 10.9 Å². The SMILES string of the molecule is CCCCCCCCCCCCCCc1c(C)[nH]c2ccccc12. The van der Waals surface area contributed by atoms with Crippen LogP contribution in [0.4, 0.5) is 0 Å². The lowest BCUT2D eigenvalue weighted by atomic mass is 10.0. The van der Waals surface area contributed by atoms with Gasteiger partial charge in [-0.25, -0.2) is 0 Å². The van der Waals surface area contributed by atoms with Crippen LogP contribution in [0.5, 0.6) is 0 Å². The van der Waals surface area contributed by atoms with Gasteiger partial charge < -0.3 is 4.98 Å². The zero-order valence-electron chi connectivity index (χ0n) is 16.0. The van der Waals surface area contributed by atoms with E-state index >= 15 is 0 Å². The molecule has 1 heterocycles. The third-order valence-electron chi connectivity index (χ3n) is 5.31. The summed E-state index contributed by atoms with van der Waals surface area (Å²) < 4.78 is 0. The molecule has 24 heavy (non-hydrogen) atoms. The Kier molecular flexibility index (Phi) is 9.02. The van der Waals surface area contributed by atoms with E-state index in [9.17, 15) is 0 Å². The Morgan fingerprint density at radius 1 is 0.708 bits per heavy atom. The normalized spacial score (nSPS) is 11.4. The standard InChI is InChI=1S/C23H37N/c1-3-4-5-6-7-8-9-10-11-12-13-14-17-21-20(2)24-23-19-16-15-18-22(21)23/h15-16,18-19,24H,3-14,17H2,1-2H3. The molecule has 0 atom stereocenters. The van der Waals surface area contributed by atoms with Gasteiger partial charge in [0.15, 0.2) is 0 Å². The molecule has 0 aliphatic heterocycles. The highest BCUT2D eigenvalue weighted by atomic mass is 14.7. The maximum absolute atomic E-state index is 3.52. The van der Waals surface area contributed by atoms with Crippen molar-refractivity contribution in [1.82, 2.24) is 4.98 Å². The summed E-state index contributed by atoms with van der Waals surface area (Å²) in [5.41, 5.74) is 4.20. The van der Waals surface area contributed by atoms with E-state index in [-0.39, 0.29) is 0 Å². The summed E-state index contributed by atoms with van der Waals surface area (Å²) in [6.45, 7) is 4.51. The number of aromatic nitrogens is 1. The van der Waals surface area contributed by atoms with Gasteiger partial charge in [0.1, 0.15) is 0 Å². The number of H-pyrrole nitrogens is 1. The fourth-order valence-corrected chi connectivity index (χ4v) is 3.80. The molecule has 0 fully saturated rings. The molecular weight excluding hydrogens is 290 g/mol. The highest BCUT2D eigenvalue weighted by Crippen LogP contribution is 2.24. The van der Waals surface area contributed by atoms with Crippen LogP contribution >= 0.6 is 0 Å². The van der Waals surface area contributed by atoms with Gasteiger partial charge in [-0.15, -0.1) is 0 Å². The average molecular weight is 328 g/mol. The summed E-state index contributed by atoms with van der Waals surface area (Å²) in [6.07, 6.45) is 18.3. The molecule has 1 N–H and O–H groups in total. The summed E-state index contributed by atoms with van der Waals surface area (Å²) >= 11 is 0. The van der Waals surface area contributed by atoms with Gasteiger partial charge in [-0.1, -0.05) is 95.8 Å². The van der Waals surface area contributed by atoms with Crippen LogP contribution in [0.2, 0.25) is 0 Å². The van der Waals surface area contributed by atoms with E-state index in [0.717, 1.165) is 0 Å². The second kappa shape index (κ2) is 11.3. The van der Waals surface area contributed by atoms with E-state index < -0.39 is 0 Å². The Labute approximate surface area is 149 Å². The second-order valence-corrected chi connectivity index (χ2v) is 7.41. The first kappa shape index (κ1) is 19.1. The Bertz CT molecular complexity index is 566. The van der Waals surface area contributed by atoms with Crippen LogP contribution in [-0.4, -0.2) is 4.98 Å². The molecular formula is C23H37N. The van der Waals surface area contributed by atoms with E-state index in [2.05, 4.69) is 43.1 Å². The second-order valence-electron chi connectivity index (χ2n) is 7.41. The van der Waals surface area contributed by atoms with Crippen molar-refractivity contribution >= 4 is 10.9 Å². The number of aryl methyl sites for hydroxylation is 2. The van der Waals surface area contributed by atoms with Crippen molar-refractivity contribution in [1.29, 1.82) is 0 Å². The van der Waals surface area contributed by atoms with Crippen LogP contribution in [0.15, 0.2) is 24.3 Å². The molecule has 0 saturated heterocycles. The van der Waals surface area contributed by atoms with Crippen molar-refractivity contribution in [3.05, 3.63) is 35.5 Å². The number of unbranched alkanes of at least 4 members (excludes halogenated alkanes) is 11. The molecule has 134 valence electrons. The van der Waals surface area contributed by atoms with Gasteiger partial charge in [0, 0.05) is 16.6 Å². The summed E-state index contributed by atoms with van der Waals surface area (Å²) in [5.74, 6) is 0. The van der Waals surface area contributed by atoms with Crippen molar-refractivity contribution in [3.8, 4) is 0 Å². The molecule has 0 aliphatic rings. The number of fused-ring (bicyclic) bond motifs is 1. The Balaban J connectivity index is 1.50. The predicted octanol–water partition coefficient (Wildman–Crippen LogP) is 7.72. The lowest BCUT2D eigenvalue weighted by Gasteiger charge is -2.04. The monoisotopic (exact) mass is 327 g/mol. The summed E-state index contributed by atoms with van der Waals surface area (Å²) in [7, 11) is 0. The van der Waals surface area contributed by atoms with Crippen molar-refractivity contribution < 1.29 is 0 Å². The number of para-hydroxylation sites is 1. The van der Waals surface area contributed by atoms with Crippen LogP contribution < -0.4 is 0 Å². The van der Waals surface area contributed by atoms with Gasteiger partial charge in [0.05, 0.1) is 0 Å². The minimum Gasteiger partial charge on any atom is -0.358 e. The van der Waals surface area contributed by atoms with Gasteiger partial charge in [0.25, 0.3) is 0 Å². The van der Waals surface area contributed by atoms with Crippen molar-refractivity contribution in [2.24, 2.45) is 0 Å². The van der Waals surface area contributed by atoms with E-state index in [0.29, 0.717) is 0 Å². The molecule has 1 heteroatoms. The molecule has 2 rings (SSSR count). The van der Waals surface area contributed by atoms with E-state index in [1.807, 2.05) is 0 Å². The molecule has 1 nitrogen and oxygen atoms in total. The molecule has 0 saturated carbocycles. The van der Waals surface area contributed by atoms with E-state index in [1.165, 1.54) is 106 Å². The first-order valence-corrected chi connectivity index (χ1v) is 10.4. The number of benzene rings is 1. The zero-order chi connectivity index (χ0) is 17.0. The highest BCUT2D eigenvalue weighted by molar-refractivity contribution is 5.84. The van der Waals surface area contributed by atoms with Gasteiger partial charge in [-0.05, 0) is 31.4 Å². The first-order chi connectivity index (χ1) is 11.8. The lowest BCUT2D eigenvalue weighted by Crippen LogP contribution is -1.88. The van der Waals surface area contributed by atoms with Crippen LogP contribution in [0.3, 0.4) is 0 Å². The molecule has 0 radical (unpaired) electrons. The molecule has 0 aliphatic carbocycles. The molecule has 1 aromatic carbocycles. The minimum absolute atomic E-state index is 1.23. The van der Waals surface area contributed by atoms with Crippen LogP contribution in [0, 0.1) is 6.92 Å². The molecule has 0 spiro atoms. The Morgan fingerprint density at radius 2 is 1.25 bits per heavy atom. The summed E-state index contributed by atoms with van der Waals surface area (Å²) in [6, 6.07) is 8.72. The molecule has 0 unspecified atom stereocenters. The van der Waals surface area contributed by atoms with Crippen molar-refractivity contribution in [2.75, 3.05) is 0 Å². The van der Waals surface area contributed by atoms with Crippen molar-refractivity contribution in [2.45, 2.75) is 97.3 Å². The summed E-state index contributed by atoms with van der Waals surface area (Å²) in [4.78, 5) is 3.52. The quantitative estimate of drug-likeness (QED) is 0.362. The van der Waals surface area contributed by atoms with Crippen LogP contribution in [-0.2, 0) is 6.42 Å². The number of hydrogen-bond donors (Lipinski definition) is 1. The van der Waals surface area contributed by atoms with Crippen LogP contribution in [0.1, 0.15) is 95.2 Å². The summed E-state index contributed by atoms with van der Waals surface area (Å²) in [5, 5.41) is 1.43. The minimum atomic E-state index is 1.23. The smallest absolute Gasteiger partial charge is 0.0458 e. The third-order valence-corrected chi connectivity index (χ3v) is 5.31. The number of aromatic amines is 1. The maximum atomic E-state index is 3.52. The highest BCUT2D eigenvalue weighted by Gasteiger charge is 2.06. The fraction of sp³-hybridized carbons (Fsp3) is 0.652. The number of nitrogens with one attached hydrogen (secondary N) is 1. The van der Waals surface area contributed by atoms with E-state index in [4.69, 9.17) is 0 Å². The molecule has 0 amide bonds. The Hall–Kier alpha value is -1.24. The lowest BCUT2D eigenvalue weighted by molar-refractivity contribution is 0.544. The molecule has 1 aromatic heterocycles. The number of hydrogen-bond acceptors (Lipinski definition) is 0. The van der Waals surface area contributed by atoms with Crippen molar-refractivity contribution in [3.63, 3.8) is 0 Å². The third kappa shape index (κ3) is 6.34. The molecule has 0 bridgehead atoms. The van der Waals surface area contributed by atoms with Gasteiger partial charge in [0.2, 0.25) is 0 Å². The predicted molar refractivity (Wildman–Crippen MR) is 108 cm³/mol. The largest absolute Gasteiger partial charge is 0.358 e. The first-order valence-electron chi connectivity index (χ1n) is 10.4. The maximum Gasteiger partial charge on any atom is 0.0458 e. The van der Waals surface area contributed by atoms with E-state index in [1.54, 1.807) is 0 Å². The van der Waals surface area contributed by atoms with Gasteiger partial charge in [-0.3, -0.25) is 0 Å². The van der Waals surface area contributed by atoms with Gasteiger partial charge in [-0.2, -0.15) is 0 Å².